The molecule has 1 fully saturated rings. The normalized spacial score (nSPS) is 21.5. The molecule has 2 unspecified atom stereocenters. The highest BCUT2D eigenvalue weighted by atomic mass is 35.5. The van der Waals surface area contributed by atoms with E-state index in [1.165, 1.54) is 5.56 Å². The van der Waals surface area contributed by atoms with Crippen LogP contribution in [0, 0.1) is 5.92 Å². The van der Waals surface area contributed by atoms with Gasteiger partial charge in [0.15, 0.2) is 0 Å². The fourth-order valence-electron chi connectivity index (χ4n) is 2.60. The molecule has 19 heavy (non-hydrogen) atoms. The molecule has 0 aromatic heterocycles. The van der Waals surface area contributed by atoms with E-state index in [-0.39, 0.29) is 0 Å². The van der Waals surface area contributed by atoms with E-state index >= 15 is 0 Å². The monoisotopic (exact) mass is 282 g/mol. The number of carbonyl (C=O) groups is 1. The lowest BCUT2D eigenvalue weighted by Crippen LogP contribution is -2.33. The number of hydrogen-bond acceptors (Lipinski definition) is 3. The maximum absolute atomic E-state index is 10.7. The summed E-state index contributed by atoms with van der Waals surface area (Å²) in [4.78, 5) is 13.1. The van der Waals surface area contributed by atoms with Crippen molar-refractivity contribution in [2.45, 2.75) is 25.4 Å². The molecule has 1 aliphatic heterocycles. The number of likely N-dealkylation sites (tertiary alicyclic amines) is 1. The van der Waals surface area contributed by atoms with E-state index in [0.29, 0.717) is 12.3 Å². The summed E-state index contributed by atoms with van der Waals surface area (Å²) in [6, 6.07) is 7.10. The second-order valence-electron chi connectivity index (χ2n) is 5.20. The van der Waals surface area contributed by atoms with E-state index in [9.17, 15) is 4.79 Å². The molecule has 0 amide bonds. The highest BCUT2D eigenvalue weighted by molar-refractivity contribution is 6.30. The molecule has 2 rings (SSSR count). The lowest BCUT2D eigenvalue weighted by Gasteiger charge is -2.17. The van der Waals surface area contributed by atoms with E-state index < -0.39 is 12.0 Å². The van der Waals surface area contributed by atoms with Crippen LogP contribution in [0.25, 0.3) is 0 Å². The Morgan fingerprint density at radius 3 is 3.05 bits per heavy atom. The number of hydrogen-bond donors (Lipinski definition) is 2. The third-order valence-electron chi connectivity index (χ3n) is 3.57. The highest BCUT2D eigenvalue weighted by Crippen LogP contribution is 2.23. The summed E-state index contributed by atoms with van der Waals surface area (Å²) in [6.07, 6.45) is 1.57. The van der Waals surface area contributed by atoms with E-state index in [2.05, 4.69) is 11.0 Å². The summed E-state index contributed by atoms with van der Waals surface area (Å²) >= 11 is 5.96. The molecule has 0 radical (unpaired) electrons. The Labute approximate surface area is 118 Å². The van der Waals surface area contributed by atoms with Crippen molar-refractivity contribution < 1.29 is 9.90 Å². The van der Waals surface area contributed by atoms with Crippen molar-refractivity contribution in [3.63, 3.8) is 0 Å². The van der Waals surface area contributed by atoms with Crippen molar-refractivity contribution in [2.75, 3.05) is 13.1 Å². The van der Waals surface area contributed by atoms with Gasteiger partial charge in [0, 0.05) is 18.1 Å². The van der Waals surface area contributed by atoms with Crippen LogP contribution in [0.5, 0.6) is 0 Å². The first-order chi connectivity index (χ1) is 9.04. The van der Waals surface area contributed by atoms with Gasteiger partial charge in [0.1, 0.15) is 6.04 Å². The number of nitrogens with two attached hydrogens (primary N) is 1. The number of nitrogens with zero attached hydrogens (tertiary/aromatic N) is 1. The molecule has 0 saturated carbocycles. The number of benzene rings is 1. The van der Waals surface area contributed by atoms with E-state index in [4.69, 9.17) is 22.4 Å². The van der Waals surface area contributed by atoms with Gasteiger partial charge in [-0.3, -0.25) is 9.69 Å². The molecule has 1 heterocycles. The molecule has 1 aromatic carbocycles. The fraction of sp³-hybridized carbons (Fsp3) is 0.500. The summed E-state index contributed by atoms with van der Waals surface area (Å²) in [5.74, 6) is -0.529. The number of carboxylic acid groups (broad SMARTS) is 1. The van der Waals surface area contributed by atoms with Crippen LogP contribution in [0.4, 0.5) is 0 Å². The number of aliphatic carboxylic acids is 1. The van der Waals surface area contributed by atoms with Crippen LogP contribution in [0.3, 0.4) is 0 Å². The Hall–Kier alpha value is -1.10. The van der Waals surface area contributed by atoms with E-state index in [1.54, 1.807) is 0 Å². The van der Waals surface area contributed by atoms with Gasteiger partial charge in [-0.25, -0.2) is 0 Å². The highest BCUT2D eigenvalue weighted by Gasteiger charge is 2.26. The molecule has 1 aromatic rings. The second kappa shape index (κ2) is 6.37. The lowest BCUT2D eigenvalue weighted by molar-refractivity contribution is -0.138. The van der Waals surface area contributed by atoms with E-state index in [0.717, 1.165) is 31.1 Å². The van der Waals surface area contributed by atoms with Crippen molar-refractivity contribution >= 4 is 17.6 Å². The van der Waals surface area contributed by atoms with Gasteiger partial charge in [-0.05, 0) is 43.0 Å². The zero-order valence-electron chi connectivity index (χ0n) is 10.8. The fourth-order valence-corrected chi connectivity index (χ4v) is 2.82. The Morgan fingerprint density at radius 1 is 1.58 bits per heavy atom. The molecule has 2 atom stereocenters. The van der Waals surface area contributed by atoms with Gasteiger partial charge >= 0.3 is 5.97 Å². The van der Waals surface area contributed by atoms with Crippen LogP contribution in [0.2, 0.25) is 5.02 Å². The summed E-state index contributed by atoms with van der Waals surface area (Å²) in [6.45, 7) is 2.76. The number of rotatable bonds is 5. The lowest BCUT2D eigenvalue weighted by atomic mass is 10.00. The second-order valence-corrected chi connectivity index (χ2v) is 5.64. The summed E-state index contributed by atoms with van der Waals surface area (Å²) in [7, 11) is 0. The molecule has 0 bridgehead atoms. The molecule has 5 heteroatoms. The Kier molecular flexibility index (Phi) is 4.80. The maximum atomic E-state index is 10.7. The zero-order valence-corrected chi connectivity index (χ0v) is 11.5. The van der Waals surface area contributed by atoms with Crippen LogP contribution in [0.1, 0.15) is 18.4 Å². The van der Waals surface area contributed by atoms with E-state index in [1.807, 2.05) is 18.2 Å². The van der Waals surface area contributed by atoms with Crippen molar-refractivity contribution in [3.8, 4) is 0 Å². The summed E-state index contributed by atoms with van der Waals surface area (Å²) in [5, 5.41) is 9.57. The van der Waals surface area contributed by atoms with Crippen LogP contribution in [-0.2, 0) is 11.3 Å². The SMILES string of the molecule is NC(CC1CCN(Cc2cccc(Cl)c2)C1)C(=O)O. The van der Waals surface area contributed by atoms with Gasteiger partial charge in [-0.2, -0.15) is 0 Å². The summed E-state index contributed by atoms with van der Waals surface area (Å²) < 4.78 is 0. The predicted molar refractivity (Wildman–Crippen MR) is 75.1 cm³/mol. The molecule has 1 aliphatic rings. The van der Waals surface area contributed by atoms with Crippen molar-refractivity contribution in [1.82, 2.24) is 4.90 Å². The minimum Gasteiger partial charge on any atom is -0.480 e. The van der Waals surface area contributed by atoms with Gasteiger partial charge in [-0.15, -0.1) is 0 Å². The standard InChI is InChI=1S/C14H19ClN2O2/c15-12-3-1-2-10(6-12)8-17-5-4-11(9-17)7-13(16)14(18)19/h1-3,6,11,13H,4-5,7-9,16H2,(H,18,19). The quantitative estimate of drug-likeness (QED) is 0.866. The van der Waals surface area contributed by atoms with Gasteiger partial charge in [-0.1, -0.05) is 23.7 Å². The van der Waals surface area contributed by atoms with Gasteiger partial charge < -0.3 is 10.8 Å². The molecule has 1 saturated heterocycles. The average Bonchev–Trinajstić information content (AvgIpc) is 2.76. The molecular formula is C14H19ClN2O2. The maximum Gasteiger partial charge on any atom is 0.320 e. The van der Waals surface area contributed by atoms with Crippen LogP contribution >= 0.6 is 11.6 Å². The molecule has 104 valence electrons. The largest absolute Gasteiger partial charge is 0.480 e. The molecular weight excluding hydrogens is 264 g/mol. The third-order valence-corrected chi connectivity index (χ3v) is 3.80. The first-order valence-corrected chi connectivity index (χ1v) is 6.87. The predicted octanol–water partition coefficient (Wildman–Crippen LogP) is 1.96. The van der Waals surface area contributed by atoms with Crippen LogP contribution in [-0.4, -0.2) is 35.1 Å². The minimum atomic E-state index is -0.909. The van der Waals surface area contributed by atoms with Crippen LogP contribution < -0.4 is 5.73 Å². The smallest absolute Gasteiger partial charge is 0.320 e. The molecule has 0 spiro atoms. The number of carboxylic acids is 1. The molecule has 3 N–H and O–H groups in total. The average molecular weight is 283 g/mol. The van der Waals surface area contributed by atoms with Gasteiger partial charge in [0.05, 0.1) is 0 Å². The first kappa shape index (κ1) is 14.3. The number of halogens is 1. The molecule has 0 aliphatic carbocycles. The van der Waals surface area contributed by atoms with Crippen molar-refractivity contribution in [3.05, 3.63) is 34.9 Å². The van der Waals surface area contributed by atoms with Crippen LogP contribution in [0.15, 0.2) is 24.3 Å². The van der Waals surface area contributed by atoms with Gasteiger partial charge in [0.25, 0.3) is 0 Å². The van der Waals surface area contributed by atoms with Crippen molar-refractivity contribution in [1.29, 1.82) is 0 Å². The van der Waals surface area contributed by atoms with Crippen molar-refractivity contribution in [2.24, 2.45) is 11.7 Å². The minimum absolute atomic E-state index is 0.380. The topological polar surface area (TPSA) is 66.6 Å². The Bertz CT molecular complexity index is 453. The zero-order chi connectivity index (χ0) is 13.8. The Morgan fingerprint density at radius 2 is 2.37 bits per heavy atom. The third kappa shape index (κ3) is 4.20. The molecule has 4 nitrogen and oxygen atoms in total. The first-order valence-electron chi connectivity index (χ1n) is 6.50. The van der Waals surface area contributed by atoms with Gasteiger partial charge in [0.2, 0.25) is 0 Å². The Balaban J connectivity index is 1.83. The summed E-state index contributed by atoms with van der Waals surface area (Å²) in [5.41, 5.74) is 6.77.